The van der Waals surface area contributed by atoms with Crippen molar-refractivity contribution in [2.75, 3.05) is 6.61 Å². The lowest BCUT2D eigenvalue weighted by Gasteiger charge is -1.99. The maximum atomic E-state index is 8.74. The van der Waals surface area contributed by atoms with Crippen LogP contribution in [0.3, 0.4) is 0 Å². The van der Waals surface area contributed by atoms with E-state index < -0.39 is 0 Å². The van der Waals surface area contributed by atoms with E-state index in [1.54, 1.807) is 0 Å². The Kier molecular flexibility index (Phi) is 2.97. The smallest absolute Gasteiger partial charge is 0.155 e. The number of aromatic nitrogens is 3. The molecule has 0 atom stereocenters. The average Bonchev–Trinajstić information content (AvgIpc) is 2.68. The molecule has 4 heteroatoms. The molecule has 0 saturated carbocycles. The van der Waals surface area contributed by atoms with Crippen LogP contribution in [0.25, 0.3) is 5.65 Å². The molecule has 2 aromatic rings. The summed E-state index contributed by atoms with van der Waals surface area (Å²) in [6.45, 7) is 2.30. The second-order valence-corrected chi connectivity index (χ2v) is 3.58. The van der Waals surface area contributed by atoms with Gasteiger partial charge in [0.1, 0.15) is 0 Å². The minimum absolute atomic E-state index is 0.220. The van der Waals surface area contributed by atoms with Gasteiger partial charge in [0, 0.05) is 25.1 Å². The number of aryl methyl sites for hydroxylation is 2. The van der Waals surface area contributed by atoms with Gasteiger partial charge in [-0.1, -0.05) is 6.92 Å². The summed E-state index contributed by atoms with van der Waals surface area (Å²) >= 11 is 0. The number of fused-ring (bicyclic) bond motifs is 1. The van der Waals surface area contributed by atoms with Crippen molar-refractivity contribution in [2.45, 2.75) is 26.2 Å². The topological polar surface area (TPSA) is 50.4 Å². The summed E-state index contributed by atoms with van der Waals surface area (Å²) in [5, 5.41) is 13.1. The van der Waals surface area contributed by atoms with E-state index in [1.807, 2.05) is 23.0 Å². The van der Waals surface area contributed by atoms with Gasteiger partial charge in [0.2, 0.25) is 0 Å². The molecule has 15 heavy (non-hydrogen) atoms. The zero-order chi connectivity index (χ0) is 10.7. The summed E-state index contributed by atoms with van der Waals surface area (Å²) < 4.78 is 1.81. The zero-order valence-electron chi connectivity index (χ0n) is 8.85. The highest BCUT2D eigenvalue weighted by atomic mass is 16.2. The molecule has 2 aromatic heterocycles. The van der Waals surface area contributed by atoms with Gasteiger partial charge in [-0.05, 0) is 24.8 Å². The van der Waals surface area contributed by atoms with Crippen molar-refractivity contribution in [3.8, 4) is 0 Å². The first-order chi connectivity index (χ1) is 7.33. The quantitative estimate of drug-likeness (QED) is 0.816. The number of hydrogen-bond donors (Lipinski definition) is 1. The van der Waals surface area contributed by atoms with Crippen molar-refractivity contribution in [3.05, 3.63) is 29.7 Å². The molecule has 0 unspecified atom stereocenters. The predicted molar refractivity (Wildman–Crippen MR) is 57.8 cm³/mol. The van der Waals surface area contributed by atoms with E-state index in [2.05, 4.69) is 17.0 Å². The molecule has 0 aliphatic rings. The molecule has 80 valence electrons. The fourth-order valence-electron chi connectivity index (χ4n) is 1.55. The Morgan fingerprint density at radius 2 is 2.33 bits per heavy atom. The number of aliphatic hydroxyl groups excluding tert-OH is 1. The van der Waals surface area contributed by atoms with E-state index in [4.69, 9.17) is 5.11 Å². The van der Waals surface area contributed by atoms with Crippen LogP contribution in [0.2, 0.25) is 0 Å². The van der Waals surface area contributed by atoms with E-state index in [9.17, 15) is 0 Å². The second kappa shape index (κ2) is 4.40. The minimum atomic E-state index is 0.220. The Hall–Kier alpha value is -1.42. The van der Waals surface area contributed by atoms with Gasteiger partial charge in [0.15, 0.2) is 5.65 Å². The van der Waals surface area contributed by atoms with Gasteiger partial charge in [-0.2, -0.15) is 5.10 Å². The first kappa shape index (κ1) is 10.1. The molecular weight excluding hydrogens is 190 g/mol. The minimum Gasteiger partial charge on any atom is -0.396 e. The molecule has 4 nitrogen and oxygen atoms in total. The van der Waals surface area contributed by atoms with Gasteiger partial charge in [-0.15, -0.1) is 0 Å². The largest absolute Gasteiger partial charge is 0.396 e. The van der Waals surface area contributed by atoms with Gasteiger partial charge < -0.3 is 5.11 Å². The van der Waals surface area contributed by atoms with Crippen LogP contribution in [0.1, 0.15) is 24.6 Å². The molecule has 0 amide bonds. The van der Waals surface area contributed by atoms with Crippen molar-refractivity contribution in [1.29, 1.82) is 0 Å². The van der Waals surface area contributed by atoms with E-state index in [1.165, 1.54) is 0 Å². The summed E-state index contributed by atoms with van der Waals surface area (Å²) in [7, 11) is 0. The van der Waals surface area contributed by atoms with Crippen molar-refractivity contribution in [3.63, 3.8) is 0 Å². The van der Waals surface area contributed by atoms with Crippen molar-refractivity contribution >= 4 is 5.65 Å². The normalized spacial score (nSPS) is 11.1. The first-order valence-electron chi connectivity index (χ1n) is 5.27. The number of aliphatic hydroxyl groups is 1. The fourth-order valence-corrected chi connectivity index (χ4v) is 1.55. The first-order valence-corrected chi connectivity index (χ1v) is 5.27. The molecule has 0 fully saturated rings. The molecule has 2 rings (SSSR count). The molecule has 0 bridgehead atoms. The van der Waals surface area contributed by atoms with Gasteiger partial charge in [-0.3, -0.25) is 0 Å². The lowest BCUT2D eigenvalue weighted by atomic mass is 10.2. The van der Waals surface area contributed by atoms with E-state index in [-0.39, 0.29) is 6.61 Å². The number of rotatable bonds is 4. The lowest BCUT2D eigenvalue weighted by molar-refractivity contribution is 0.288. The van der Waals surface area contributed by atoms with Crippen LogP contribution in [-0.2, 0) is 12.8 Å². The third-order valence-corrected chi connectivity index (χ3v) is 2.40. The van der Waals surface area contributed by atoms with Crippen molar-refractivity contribution in [2.24, 2.45) is 0 Å². The van der Waals surface area contributed by atoms with Crippen LogP contribution >= 0.6 is 0 Å². The highest BCUT2D eigenvalue weighted by molar-refractivity contribution is 5.39. The Morgan fingerprint density at radius 1 is 1.47 bits per heavy atom. The SMILES string of the molecule is CCc1cc2ncc(CCCO)cn2n1. The van der Waals surface area contributed by atoms with Crippen LogP contribution in [-0.4, -0.2) is 26.3 Å². The molecular formula is C11H15N3O. The third-order valence-electron chi connectivity index (χ3n) is 2.40. The van der Waals surface area contributed by atoms with Gasteiger partial charge in [0.25, 0.3) is 0 Å². The Bertz CT molecular complexity index is 450. The summed E-state index contributed by atoms with van der Waals surface area (Å²) in [5.41, 5.74) is 3.06. The number of hydrogen-bond acceptors (Lipinski definition) is 3. The summed E-state index contributed by atoms with van der Waals surface area (Å²) in [6, 6.07) is 2.00. The monoisotopic (exact) mass is 205 g/mol. The van der Waals surface area contributed by atoms with Crippen LogP contribution < -0.4 is 0 Å². The summed E-state index contributed by atoms with van der Waals surface area (Å²) in [5.74, 6) is 0. The van der Waals surface area contributed by atoms with Crippen LogP contribution in [0, 0.1) is 0 Å². The lowest BCUT2D eigenvalue weighted by Crippen LogP contribution is -1.96. The molecule has 0 aromatic carbocycles. The van der Waals surface area contributed by atoms with Crippen molar-refractivity contribution in [1.82, 2.24) is 14.6 Å². The Morgan fingerprint density at radius 3 is 3.07 bits per heavy atom. The molecule has 0 aliphatic carbocycles. The van der Waals surface area contributed by atoms with Gasteiger partial charge in [-0.25, -0.2) is 9.50 Å². The maximum absolute atomic E-state index is 8.74. The second-order valence-electron chi connectivity index (χ2n) is 3.58. The van der Waals surface area contributed by atoms with E-state index in [0.29, 0.717) is 0 Å². The molecule has 0 spiro atoms. The highest BCUT2D eigenvalue weighted by Crippen LogP contribution is 2.07. The average molecular weight is 205 g/mol. The summed E-state index contributed by atoms with van der Waals surface area (Å²) in [6.07, 6.45) is 6.38. The Balaban J connectivity index is 2.29. The highest BCUT2D eigenvalue weighted by Gasteiger charge is 2.01. The molecule has 0 radical (unpaired) electrons. The van der Waals surface area contributed by atoms with Crippen LogP contribution in [0.5, 0.6) is 0 Å². The predicted octanol–water partition coefficient (Wildman–Crippen LogP) is 1.22. The molecule has 1 N–H and O–H groups in total. The summed E-state index contributed by atoms with van der Waals surface area (Å²) in [4.78, 5) is 4.32. The fraction of sp³-hybridized carbons (Fsp3) is 0.455. The van der Waals surface area contributed by atoms with Gasteiger partial charge in [0.05, 0.1) is 5.69 Å². The van der Waals surface area contributed by atoms with Crippen LogP contribution in [0.15, 0.2) is 18.5 Å². The molecule has 0 saturated heterocycles. The third kappa shape index (κ3) is 2.15. The van der Waals surface area contributed by atoms with Gasteiger partial charge >= 0.3 is 0 Å². The molecule has 0 aliphatic heterocycles. The van der Waals surface area contributed by atoms with E-state index >= 15 is 0 Å². The van der Waals surface area contributed by atoms with Crippen LogP contribution in [0.4, 0.5) is 0 Å². The molecule has 2 heterocycles. The Labute approximate surface area is 88.6 Å². The number of nitrogens with zero attached hydrogens (tertiary/aromatic N) is 3. The maximum Gasteiger partial charge on any atom is 0.155 e. The zero-order valence-corrected chi connectivity index (χ0v) is 8.85. The van der Waals surface area contributed by atoms with E-state index in [0.717, 1.165) is 36.2 Å². The standard InChI is InChI=1S/C11H15N3O/c1-2-10-6-11-12-7-9(4-3-5-15)8-14(11)13-10/h6-8,15H,2-5H2,1H3. The van der Waals surface area contributed by atoms with Crippen molar-refractivity contribution < 1.29 is 5.11 Å².